The third-order valence-electron chi connectivity index (χ3n) is 3.80. The lowest BCUT2D eigenvalue weighted by atomic mass is 9.79. The highest BCUT2D eigenvalue weighted by atomic mass is 16.2. The molecule has 3 nitrogen and oxygen atoms in total. The van der Waals surface area contributed by atoms with Crippen LogP contribution in [0.1, 0.15) is 39.5 Å². The van der Waals surface area contributed by atoms with Crippen LogP contribution in [0.4, 0.5) is 0 Å². The van der Waals surface area contributed by atoms with Gasteiger partial charge in [-0.25, -0.2) is 0 Å². The minimum Gasteiger partial charge on any atom is -0.332 e. The summed E-state index contributed by atoms with van der Waals surface area (Å²) < 4.78 is 0. The number of rotatable bonds is 1. The number of carbonyl (C=O) groups excluding carboxylic acids is 2. The Balaban J connectivity index is 2.04. The van der Waals surface area contributed by atoms with Crippen LogP contribution in [-0.4, -0.2) is 29.2 Å². The van der Waals surface area contributed by atoms with Gasteiger partial charge in [0.05, 0.1) is 13.0 Å². The van der Waals surface area contributed by atoms with E-state index in [1.165, 1.54) is 12.8 Å². The number of likely N-dealkylation sites (tertiary alicyclic amines) is 1. The van der Waals surface area contributed by atoms with Gasteiger partial charge in [0.1, 0.15) is 0 Å². The zero-order chi connectivity index (χ0) is 11.0. The van der Waals surface area contributed by atoms with Crippen LogP contribution >= 0.6 is 0 Å². The summed E-state index contributed by atoms with van der Waals surface area (Å²) >= 11 is 0. The molecule has 1 amide bonds. The first-order chi connectivity index (χ1) is 7.08. The summed E-state index contributed by atoms with van der Waals surface area (Å²) in [4.78, 5) is 24.6. The molecule has 2 fully saturated rings. The van der Waals surface area contributed by atoms with Gasteiger partial charge < -0.3 is 4.90 Å². The van der Waals surface area contributed by atoms with E-state index < -0.39 is 0 Å². The van der Waals surface area contributed by atoms with E-state index in [1.54, 1.807) is 0 Å². The van der Waals surface area contributed by atoms with Crippen LogP contribution in [0.25, 0.3) is 0 Å². The Bertz CT molecular complexity index is 287. The molecule has 1 saturated carbocycles. The van der Waals surface area contributed by atoms with Crippen molar-refractivity contribution in [2.24, 2.45) is 11.8 Å². The summed E-state index contributed by atoms with van der Waals surface area (Å²) in [6.07, 6.45) is 3.58. The zero-order valence-electron chi connectivity index (χ0n) is 9.53. The lowest BCUT2D eigenvalue weighted by Crippen LogP contribution is -2.43. The fraction of sp³-hybridized carbons (Fsp3) is 0.833. The van der Waals surface area contributed by atoms with Gasteiger partial charge in [0.25, 0.3) is 0 Å². The van der Waals surface area contributed by atoms with Gasteiger partial charge >= 0.3 is 0 Å². The van der Waals surface area contributed by atoms with Crippen molar-refractivity contribution in [1.82, 2.24) is 4.90 Å². The van der Waals surface area contributed by atoms with Gasteiger partial charge in [0, 0.05) is 6.04 Å². The van der Waals surface area contributed by atoms with Gasteiger partial charge in [-0.05, 0) is 31.1 Å². The third-order valence-corrected chi connectivity index (χ3v) is 3.80. The van der Waals surface area contributed by atoms with Gasteiger partial charge in [0.2, 0.25) is 5.91 Å². The highest BCUT2D eigenvalue weighted by Crippen LogP contribution is 2.33. The van der Waals surface area contributed by atoms with Crippen LogP contribution < -0.4 is 0 Å². The number of amides is 1. The maximum atomic E-state index is 11.6. The summed E-state index contributed by atoms with van der Waals surface area (Å²) in [5.41, 5.74) is 0. The molecule has 2 aliphatic rings. The van der Waals surface area contributed by atoms with Crippen LogP contribution in [0.2, 0.25) is 0 Å². The molecule has 3 atom stereocenters. The summed E-state index contributed by atoms with van der Waals surface area (Å²) in [6, 6.07) is 0.320. The fourth-order valence-corrected chi connectivity index (χ4v) is 3.02. The van der Waals surface area contributed by atoms with Gasteiger partial charge in [-0.2, -0.15) is 0 Å². The van der Waals surface area contributed by atoms with Crippen molar-refractivity contribution in [2.45, 2.75) is 45.6 Å². The Labute approximate surface area is 90.8 Å². The van der Waals surface area contributed by atoms with Crippen LogP contribution in [0.5, 0.6) is 0 Å². The number of Topliss-reactive ketones (excluding diaryl/α,β-unsaturated/α-hetero) is 1. The summed E-state index contributed by atoms with van der Waals surface area (Å²) in [6.45, 7) is 4.84. The van der Waals surface area contributed by atoms with Crippen LogP contribution in [-0.2, 0) is 9.59 Å². The van der Waals surface area contributed by atoms with E-state index in [-0.39, 0.29) is 18.1 Å². The van der Waals surface area contributed by atoms with Crippen LogP contribution in [0.3, 0.4) is 0 Å². The minimum absolute atomic E-state index is 0.0476. The van der Waals surface area contributed by atoms with E-state index in [0.717, 1.165) is 12.3 Å². The van der Waals surface area contributed by atoms with E-state index >= 15 is 0 Å². The topological polar surface area (TPSA) is 37.4 Å². The molecule has 3 heteroatoms. The molecular formula is C12H19NO2. The molecule has 0 spiro atoms. The monoisotopic (exact) mass is 209 g/mol. The van der Waals surface area contributed by atoms with Gasteiger partial charge in [-0.15, -0.1) is 0 Å². The van der Waals surface area contributed by atoms with Gasteiger partial charge in [0.15, 0.2) is 5.78 Å². The highest BCUT2D eigenvalue weighted by Gasteiger charge is 2.37. The molecule has 15 heavy (non-hydrogen) atoms. The minimum atomic E-state index is 0.0476. The first-order valence-corrected chi connectivity index (χ1v) is 5.89. The first kappa shape index (κ1) is 10.7. The molecule has 1 aliphatic carbocycles. The van der Waals surface area contributed by atoms with E-state index in [4.69, 9.17) is 0 Å². The highest BCUT2D eigenvalue weighted by molar-refractivity contribution is 6.05. The average Bonchev–Trinajstić information content (AvgIpc) is 2.45. The molecule has 84 valence electrons. The number of carbonyl (C=O) groups is 2. The Hall–Kier alpha value is -0.860. The van der Waals surface area contributed by atoms with Crippen LogP contribution in [0, 0.1) is 11.8 Å². The van der Waals surface area contributed by atoms with Crippen molar-refractivity contribution >= 4 is 11.7 Å². The van der Waals surface area contributed by atoms with E-state index in [1.807, 2.05) is 4.90 Å². The summed E-state index contributed by atoms with van der Waals surface area (Å²) in [7, 11) is 0. The predicted octanol–water partition coefficient (Wildman–Crippen LogP) is 1.61. The lowest BCUT2D eigenvalue weighted by Gasteiger charge is -2.38. The molecule has 3 unspecified atom stereocenters. The Kier molecular flexibility index (Phi) is 2.81. The smallest absolute Gasteiger partial charge is 0.230 e. The molecule has 0 aromatic rings. The predicted molar refractivity (Wildman–Crippen MR) is 57.3 cm³/mol. The fourth-order valence-electron chi connectivity index (χ4n) is 3.02. The number of nitrogens with zero attached hydrogens (tertiary/aromatic N) is 1. The van der Waals surface area contributed by atoms with Gasteiger partial charge in [-0.3, -0.25) is 9.59 Å². The molecular weight excluding hydrogens is 190 g/mol. The lowest BCUT2D eigenvalue weighted by molar-refractivity contribution is -0.131. The average molecular weight is 209 g/mol. The van der Waals surface area contributed by atoms with Crippen molar-refractivity contribution in [3.8, 4) is 0 Å². The van der Waals surface area contributed by atoms with Gasteiger partial charge in [-0.1, -0.05) is 13.8 Å². The number of hydrogen-bond acceptors (Lipinski definition) is 2. The largest absolute Gasteiger partial charge is 0.332 e. The second kappa shape index (κ2) is 3.95. The Morgan fingerprint density at radius 2 is 1.93 bits per heavy atom. The SMILES string of the molecule is CC1CCC(N2CC(=O)CC2=O)C(C)C1. The molecule has 1 aliphatic heterocycles. The third kappa shape index (κ3) is 2.06. The van der Waals surface area contributed by atoms with Crippen molar-refractivity contribution in [3.63, 3.8) is 0 Å². The first-order valence-electron chi connectivity index (χ1n) is 5.89. The van der Waals surface area contributed by atoms with E-state index in [9.17, 15) is 9.59 Å². The molecule has 0 bridgehead atoms. The maximum absolute atomic E-state index is 11.6. The van der Waals surface area contributed by atoms with Crippen molar-refractivity contribution in [2.75, 3.05) is 6.54 Å². The van der Waals surface area contributed by atoms with Crippen molar-refractivity contribution < 1.29 is 9.59 Å². The second-order valence-corrected chi connectivity index (χ2v) is 5.20. The van der Waals surface area contributed by atoms with E-state index in [0.29, 0.717) is 18.5 Å². The Morgan fingerprint density at radius 3 is 2.47 bits per heavy atom. The molecule has 2 rings (SSSR count). The van der Waals surface area contributed by atoms with Crippen molar-refractivity contribution in [1.29, 1.82) is 0 Å². The molecule has 0 aromatic heterocycles. The maximum Gasteiger partial charge on any atom is 0.230 e. The zero-order valence-corrected chi connectivity index (χ0v) is 9.53. The standard InChI is InChI=1S/C12H19NO2/c1-8-3-4-11(9(2)5-8)13-7-10(14)6-12(13)15/h8-9,11H,3-7H2,1-2H3. The number of ketones is 1. The molecule has 1 heterocycles. The van der Waals surface area contributed by atoms with E-state index in [2.05, 4.69) is 13.8 Å². The van der Waals surface area contributed by atoms with Crippen LogP contribution in [0.15, 0.2) is 0 Å². The normalized spacial score (nSPS) is 37.5. The molecule has 1 saturated heterocycles. The summed E-state index contributed by atoms with van der Waals surface area (Å²) in [5.74, 6) is 1.45. The van der Waals surface area contributed by atoms with Crippen molar-refractivity contribution in [3.05, 3.63) is 0 Å². The summed E-state index contributed by atoms with van der Waals surface area (Å²) in [5, 5.41) is 0. The number of hydrogen-bond donors (Lipinski definition) is 0. The molecule has 0 aromatic carbocycles. The Morgan fingerprint density at radius 1 is 1.20 bits per heavy atom. The molecule has 0 N–H and O–H groups in total. The quantitative estimate of drug-likeness (QED) is 0.615. The molecule has 0 radical (unpaired) electrons. The second-order valence-electron chi connectivity index (χ2n) is 5.20.